The number of methoxy groups -OCH3 is 1. The van der Waals surface area contributed by atoms with Crippen LogP contribution in [-0.4, -0.2) is 61.1 Å². The third-order valence-corrected chi connectivity index (χ3v) is 4.39. The summed E-state index contributed by atoms with van der Waals surface area (Å²) in [7, 11) is 1.58. The summed E-state index contributed by atoms with van der Waals surface area (Å²) in [6.07, 6.45) is 1.64. The number of rotatable bonds is 4. The molecule has 1 aliphatic rings. The number of carbonyl (C=O) groups is 2. The fraction of sp³-hybridized carbons (Fsp3) is 0.579. The lowest BCUT2D eigenvalue weighted by Crippen LogP contribution is -2.44. The van der Waals surface area contributed by atoms with Crippen molar-refractivity contribution in [2.75, 3.05) is 33.3 Å². The zero-order valence-corrected chi connectivity index (χ0v) is 15.7. The average molecular weight is 347 g/mol. The van der Waals surface area contributed by atoms with Crippen LogP contribution < -0.4 is 10.1 Å². The molecule has 0 radical (unpaired) electrons. The Morgan fingerprint density at radius 1 is 1.16 bits per heavy atom. The van der Waals surface area contributed by atoms with Crippen molar-refractivity contribution in [1.82, 2.24) is 15.1 Å². The maximum atomic E-state index is 13.0. The van der Waals surface area contributed by atoms with Gasteiger partial charge in [-0.15, -0.1) is 0 Å². The molecule has 1 aromatic rings. The first-order valence-corrected chi connectivity index (χ1v) is 8.97. The van der Waals surface area contributed by atoms with Gasteiger partial charge in [0, 0.05) is 32.2 Å². The Kier molecular flexibility index (Phi) is 6.67. The van der Waals surface area contributed by atoms with Crippen molar-refractivity contribution in [3.05, 3.63) is 29.3 Å². The van der Waals surface area contributed by atoms with E-state index >= 15 is 0 Å². The lowest BCUT2D eigenvalue weighted by atomic mass is 10.1. The third kappa shape index (κ3) is 4.87. The van der Waals surface area contributed by atoms with Crippen LogP contribution in [-0.2, 0) is 6.42 Å². The smallest absolute Gasteiger partial charge is 0.317 e. The van der Waals surface area contributed by atoms with Gasteiger partial charge >= 0.3 is 6.03 Å². The molecular weight excluding hydrogens is 318 g/mol. The minimum absolute atomic E-state index is 0.0294. The first-order valence-electron chi connectivity index (χ1n) is 8.97. The number of nitrogens with zero attached hydrogens (tertiary/aromatic N) is 2. The Labute approximate surface area is 150 Å². The lowest BCUT2D eigenvalue weighted by molar-refractivity contribution is 0.0758. The number of benzene rings is 1. The normalized spacial score (nSPS) is 15.1. The number of urea groups is 1. The number of hydrogen-bond acceptors (Lipinski definition) is 3. The molecule has 0 aromatic heterocycles. The number of carbonyl (C=O) groups excluding carboxylic acids is 2. The molecule has 0 aliphatic carbocycles. The molecule has 1 heterocycles. The summed E-state index contributed by atoms with van der Waals surface area (Å²) in [5.74, 6) is 0.569. The van der Waals surface area contributed by atoms with Crippen LogP contribution in [0.15, 0.2) is 18.2 Å². The van der Waals surface area contributed by atoms with Crippen LogP contribution in [0.2, 0.25) is 0 Å². The number of amides is 3. The Hall–Kier alpha value is -2.24. The van der Waals surface area contributed by atoms with E-state index in [4.69, 9.17) is 4.74 Å². The van der Waals surface area contributed by atoms with Crippen molar-refractivity contribution in [2.45, 2.75) is 39.7 Å². The van der Waals surface area contributed by atoms with Crippen molar-refractivity contribution < 1.29 is 14.3 Å². The Balaban J connectivity index is 2.09. The molecule has 1 aromatic carbocycles. The molecule has 1 saturated heterocycles. The van der Waals surface area contributed by atoms with Crippen LogP contribution in [0.5, 0.6) is 5.75 Å². The van der Waals surface area contributed by atoms with Gasteiger partial charge in [0.2, 0.25) is 0 Å². The van der Waals surface area contributed by atoms with E-state index in [2.05, 4.69) is 12.2 Å². The summed E-state index contributed by atoms with van der Waals surface area (Å²) < 4.78 is 5.37. The molecule has 138 valence electrons. The molecule has 0 atom stereocenters. The maximum absolute atomic E-state index is 13.0. The summed E-state index contributed by atoms with van der Waals surface area (Å²) in [4.78, 5) is 28.8. The van der Waals surface area contributed by atoms with Gasteiger partial charge in [0.1, 0.15) is 5.75 Å². The molecule has 0 unspecified atom stereocenters. The maximum Gasteiger partial charge on any atom is 0.317 e. The second kappa shape index (κ2) is 8.74. The first kappa shape index (κ1) is 19.1. The van der Waals surface area contributed by atoms with Crippen LogP contribution in [0.4, 0.5) is 4.79 Å². The fourth-order valence-corrected chi connectivity index (χ4v) is 2.97. The van der Waals surface area contributed by atoms with Crippen molar-refractivity contribution in [1.29, 1.82) is 0 Å². The molecule has 3 amide bonds. The van der Waals surface area contributed by atoms with Crippen molar-refractivity contribution in [2.24, 2.45) is 0 Å². The van der Waals surface area contributed by atoms with E-state index in [-0.39, 0.29) is 18.0 Å². The van der Waals surface area contributed by atoms with Crippen molar-refractivity contribution in [3.63, 3.8) is 0 Å². The molecular formula is C19H29N3O3. The zero-order chi connectivity index (χ0) is 18.4. The summed E-state index contributed by atoms with van der Waals surface area (Å²) >= 11 is 0. The second-order valence-corrected chi connectivity index (χ2v) is 6.63. The van der Waals surface area contributed by atoms with Crippen molar-refractivity contribution in [3.8, 4) is 5.75 Å². The Bertz CT molecular complexity index is 616. The molecule has 25 heavy (non-hydrogen) atoms. The minimum atomic E-state index is -0.0603. The number of ether oxygens (including phenoxy) is 1. The Morgan fingerprint density at radius 3 is 2.48 bits per heavy atom. The van der Waals surface area contributed by atoms with E-state index in [1.54, 1.807) is 12.0 Å². The average Bonchev–Trinajstić information content (AvgIpc) is 2.86. The Morgan fingerprint density at radius 2 is 1.84 bits per heavy atom. The molecule has 6 heteroatoms. The zero-order valence-electron chi connectivity index (χ0n) is 15.7. The van der Waals surface area contributed by atoms with Gasteiger partial charge in [-0.05, 0) is 44.4 Å². The molecule has 2 rings (SSSR count). The van der Waals surface area contributed by atoms with Crippen molar-refractivity contribution >= 4 is 11.9 Å². The lowest BCUT2D eigenvalue weighted by Gasteiger charge is -2.24. The number of nitrogens with one attached hydrogen (secondary N) is 1. The van der Waals surface area contributed by atoms with Gasteiger partial charge in [-0.1, -0.05) is 13.0 Å². The standard InChI is InChI=1S/C19H29N3O3/c1-5-15-7-8-17(25-4)16(13-15)18(23)21-9-6-10-22(12-11-21)19(24)20-14(2)3/h7-8,13-14H,5-6,9-12H2,1-4H3,(H,20,24). The molecule has 0 saturated carbocycles. The summed E-state index contributed by atoms with van der Waals surface area (Å²) in [6.45, 7) is 8.33. The monoisotopic (exact) mass is 347 g/mol. The number of aryl methyl sites for hydroxylation is 1. The van der Waals surface area contributed by atoms with Gasteiger partial charge < -0.3 is 19.9 Å². The second-order valence-electron chi connectivity index (χ2n) is 6.63. The van der Waals surface area contributed by atoms with E-state index in [0.717, 1.165) is 18.4 Å². The van der Waals surface area contributed by atoms with E-state index < -0.39 is 0 Å². The minimum Gasteiger partial charge on any atom is -0.496 e. The molecule has 6 nitrogen and oxygen atoms in total. The summed E-state index contributed by atoms with van der Waals surface area (Å²) in [6, 6.07) is 5.79. The van der Waals surface area contributed by atoms with Crippen LogP contribution in [0.1, 0.15) is 43.1 Å². The number of hydrogen-bond donors (Lipinski definition) is 1. The van der Waals surface area contributed by atoms with Crippen LogP contribution in [0.25, 0.3) is 0 Å². The van der Waals surface area contributed by atoms with Crippen LogP contribution in [0.3, 0.4) is 0 Å². The van der Waals surface area contributed by atoms with Gasteiger partial charge in [-0.3, -0.25) is 4.79 Å². The quantitative estimate of drug-likeness (QED) is 0.910. The van der Waals surface area contributed by atoms with Crippen LogP contribution in [0, 0.1) is 0 Å². The third-order valence-electron chi connectivity index (χ3n) is 4.39. The van der Waals surface area contributed by atoms with E-state index in [1.165, 1.54) is 0 Å². The fourth-order valence-electron chi connectivity index (χ4n) is 2.97. The summed E-state index contributed by atoms with van der Waals surface area (Å²) in [5.41, 5.74) is 1.71. The van der Waals surface area contributed by atoms with Gasteiger partial charge in [0.25, 0.3) is 5.91 Å². The highest BCUT2D eigenvalue weighted by Gasteiger charge is 2.25. The molecule has 1 N–H and O–H groups in total. The predicted octanol–water partition coefficient (Wildman–Crippen LogP) is 2.52. The molecule has 0 bridgehead atoms. The van der Waals surface area contributed by atoms with E-state index in [1.807, 2.05) is 36.9 Å². The van der Waals surface area contributed by atoms with Gasteiger partial charge in [-0.2, -0.15) is 0 Å². The topological polar surface area (TPSA) is 61.9 Å². The van der Waals surface area contributed by atoms with Gasteiger partial charge in [0.05, 0.1) is 12.7 Å². The largest absolute Gasteiger partial charge is 0.496 e. The van der Waals surface area contributed by atoms with Crippen LogP contribution >= 0.6 is 0 Å². The highest BCUT2D eigenvalue weighted by molar-refractivity contribution is 5.97. The molecule has 0 spiro atoms. The van der Waals surface area contributed by atoms with Gasteiger partial charge in [-0.25, -0.2) is 4.79 Å². The highest BCUT2D eigenvalue weighted by Crippen LogP contribution is 2.22. The highest BCUT2D eigenvalue weighted by atomic mass is 16.5. The molecule has 1 fully saturated rings. The summed E-state index contributed by atoms with van der Waals surface area (Å²) in [5, 5.41) is 2.91. The SMILES string of the molecule is CCc1ccc(OC)c(C(=O)N2CCCN(C(=O)NC(C)C)CC2)c1. The van der Waals surface area contributed by atoms with E-state index in [9.17, 15) is 9.59 Å². The van der Waals surface area contributed by atoms with E-state index in [0.29, 0.717) is 37.5 Å². The predicted molar refractivity (Wildman–Crippen MR) is 98.1 cm³/mol. The van der Waals surface area contributed by atoms with Gasteiger partial charge in [0.15, 0.2) is 0 Å². The first-order chi connectivity index (χ1) is 12.0. The molecule has 1 aliphatic heterocycles.